The van der Waals surface area contributed by atoms with Crippen molar-refractivity contribution in [2.75, 3.05) is 13.2 Å². The van der Waals surface area contributed by atoms with Crippen molar-refractivity contribution in [1.29, 1.82) is 0 Å². The van der Waals surface area contributed by atoms with Gasteiger partial charge in [-0.1, -0.05) is 19.1 Å². The van der Waals surface area contributed by atoms with Crippen LogP contribution in [0.3, 0.4) is 0 Å². The van der Waals surface area contributed by atoms with Gasteiger partial charge in [-0.05, 0) is 25.5 Å². The van der Waals surface area contributed by atoms with Gasteiger partial charge in [-0.25, -0.2) is 9.59 Å². The SMILES string of the molecule is CC[C@@H](C)NC(=O)NC(=O)COC(=O)[C@@H]1COc2ccccc2O1. The van der Waals surface area contributed by atoms with E-state index in [1.165, 1.54) is 0 Å². The number of amides is 3. The van der Waals surface area contributed by atoms with Gasteiger partial charge in [-0.2, -0.15) is 0 Å². The Labute approximate surface area is 139 Å². The number of hydrogen-bond donors (Lipinski definition) is 2. The van der Waals surface area contributed by atoms with Crippen molar-refractivity contribution in [3.8, 4) is 11.5 Å². The number of carbonyl (C=O) groups is 3. The van der Waals surface area contributed by atoms with E-state index in [0.29, 0.717) is 11.5 Å². The lowest BCUT2D eigenvalue weighted by molar-refractivity contribution is -0.157. The molecular weight excluding hydrogens is 316 g/mol. The van der Waals surface area contributed by atoms with Crippen molar-refractivity contribution in [3.05, 3.63) is 24.3 Å². The lowest BCUT2D eigenvalue weighted by Crippen LogP contribution is -2.45. The van der Waals surface area contributed by atoms with Gasteiger partial charge in [0.15, 0.2) is 18.1 Å². The highest BCUT2D eigenvalue weighted by Crippen LogP contribution is 2.31. The summed E-state index contributed by atoms with van der Waals surface area (Å²) in [6, 6.07) is 6.24. The number of imide groups is 1. The van der Waals surface area contributed by atoms with E-state index < -0.39 is 30.6 Å². The second-order valence-electron chi connectivity index (χ2n) is 5.30. The molecule has 0 radical (unpaired) electrons. The highest BCUT2D eigenvalue weighted by atomic mass is 16.6. The van der Waals surface area contributed by atoms with Gasteiger partial charge in [0.05, 0.1) is 0 Å². The Balaban J connectivity index is 1.75. The number of ether oxygens (including phenoxy) is 3. The quantitative estimate of drug-likeness (QED) is 0.778. The Bertz CT molecular complexity index is 618. The van der Waals surface area contributed by atoms with Crippen LogP contribution in [0.5, 0.6) is 11.5 Å². The van der Waals surface area contributed by atoms with Crippen molar-refractivity contribution >= 4 is 17.9 Å². The molecule has 0 bridgehead atoms. The van der Waals surface area contributed by atoms with E-state index in [1.807, 2.05) is 13.8 Å². The Morgan fingerprint density at radius 2 is 2.00 bits per heavy atom. The van der Waals surface area contributed by atoms with Crippen LogP contribution in [0.1, 0.15) is 20.3 Å². The number of carbonyl (C=O) groups excluding carboxylic acids is 3. The highest BCUT2D eigenvalue weighted by molar-refractivity contribution is 5.95. The maximum Gasteiger partial charge on any atom is 0.351 e. The van der Waals surface area contributed by atoms with Crippen molar-refractivity contribution in [1.82, 2.24) is 10.6 Å². The topological polar surface area (TPSA) is 103 Å². The van der Waals surface area contributed by atoms with Crippen LogP contribution < -0.4 is 20.1 Å². The highest BCUT2D eigenvalue weighted by Gasteiger charge is 2.29. The summed E-state index contributed by atoms with van der Waals surface area (Å²) in [4.78, 5) is 35.0. The molecule has 0 saturated carbocycles. The molecule has 24 heavy (non-hydrogen) atoms. The maximum atomic E-state index is 11.9. The van der Waals surface area contributed by atoms with Crippen LogP contribution in [-0.2, 0) is 14.3 Å². The summed E-state index contributed by atoms with van der Waals surface area (Å²) < 4.78 is 15.7. The molecule has 1 heterocycles. The molecule has 3 amide bonds. The first-order valence-electron chi connectivity index (χ1n) is 7.65. The lowest BCUT2D eigenvalue weighted by Gasteiger charge is -2.24. The predicted octanol–water partition coefficient (Wildman–Crippen LogP) is 0.994. The number of fused-ring (bicyclic) bond motifs is 1. The van der Waals surface area contributed by atoms with Gasteiger partial charge < -0.3 is 19.5 Å². The van der Waals surface area contributed by atoms with E-state index in [4.69, 9.17) is 14.2 Å². The Morgan fingerprint density at radius 1 is 1.29 bits per heavy atom. The summed E-state index contributed by atoms with van der Waals surface area (Å²) >= 11 is 0. The van der Waals surface area contributed by atoms with Crippen LogP contribution in [0.25, 0.3) is 0 Å². The van der Waals surface area contributed by atoms with Gasteiger partial charge in [-0.15, -0.1) is 0 Å². The normalized spacial score (nSPS) is 16.7. The largest absolute Gasteiger partial charge is 0.485 e. The molecule has 130 valence electrons. The van der Waals surface area contributed by atoms with Gasteiger partial charge >= 0.3 is 12.0 Å². The van der Waals surface area contributed by atoms with Crippen LogP contribution in [0.4, 0.5) is 4.79 Å². The summed E-state index contributed by atoms with van der Waals surface area (Å²) in [7, 11) is 0. The molecule has 2 atom stereocenters. The Hall–Kier alpha value is -2.77. The predicted molar refractivity (Wildman–Crippen MR) is 83.7 cm³/mol. The van der Waals surface area contributed by atoms with Crippen LogP contribution >= 0.6 is 0 Å². The number of esters is 1. The molecule has 1 aliphatic rings. The zero-order valence-corrected chi connectivity index (χ0v) is 13.5. The van der Waals surface area contributed by atoms with Crippen LogP contribution in [-0.4, -0.2) is 43.3 Å². The summed E-state index contributed by atoms with van der Waals surface area (Å²) in [6.07, 6.45) is -0.224. The molecule has 1 aliphatic heterocycles. The fraction of sp³-hybridized carbons (Fsp3) is 0.438. The van der Waals surface area contributed by atoms with E-state index >= 15 is 0 Å². The number of hydrogen-bond acceptors (Lipinski definition) is 6. The first-order chi connectivity index (χ1) is 11.5. The molecular formula is C16H20N2O6. The lowest BCUT2D eigenvalue weighted by atomic mass is 10.2. The Morgan fingerprint density at radius 3 is 2.71 bits per heavy atom. The maximum absolute atomic E-state index is 11.9. The van der Waals surface area contributed by atoms with Crippen molar-refractivity contribution in [2.45, 2.75) is 32.4 Å². The monoisotopic (exact) mass is 336 g/mol. The minimum Gasteiger partial charge on any atom is -0.485 e. The van der Waals surface area contributed by atoms with Gasteiger partial charge in [0.2, 0.25) is 6.10 Å². The standard InChI is InChI=1S/C16H20N2O6/c1-3-10(2)17-16(21)18-14(19)9-23-15(20)13-8-22-11-6-4-5-7-12(11)24-13/h4-7,10,13H,3,8-9H2,1-2H3,(H2,17,18,19,21)/t10-,13+/m1/s1. The van der Waals surface area contributed by atoms with Gasteiger partial charge in [0.25, 0.3) is 5.91 Å². The average Bonchev–Trinajstić information content (AvgIpc) is 2.58. The third kappa shape index (κ3) is 4.87. The molecule has 8 nitrogen and oxygen atoms in total. The second-order valence-corrected chi connectivity index (χ2v) is 5.30. The summed E-state index contributed by atoms with van der Waals surface area (Å²) in [5.41, 5.74) is 0. The van der Waals surface area contributed by atoms with E-state index in [0.717, 1.165) is 6.42 Å². The third-order valence-corrected chi connectivity index (χ3v) is 3.36. The van der Waals surface area contributed by atoms with Gasteiger partial charge in [0, 0.05) is 6.04 Å². The number of para-hydroxylation sites is 2. The van der Waals surface area contributed by atoms with E-state index in [2.05, 4.69) is 10.6 Å². The second kappa shape index (κ2) is 8.19. The molecule has 1 aromatic carbocycles. The van der Waals surface area contributed by atoms with E-state index in [1.54, 1.807) is 24.3 Å². The average molecular weight is 336 g/mol. The molecule has 0 fully saturated rings. The first-order valence-corrected chi connectivity index (χ1v) is 7.65. The number of nitrogens with one attached hydrogen (secondary N) is 2. The molecule has 8 heteroatoms. The first kappa shape index (κ1) is 17.6. The molecule has 0 aromatic heterocycles. The summed E-state index contributed by atoms with van der Waals surface area (Å²) in [5, 5.41) is 4.65. The minimum absolute atomic E-state index is 0.00797. The van der Waals surface area contributed by atoms with Gasteiger partial charge in [-0.3, -0.25) is 10.1 Å². The zero-order chi connectivity index (χ0) is 17.5. The van der Waals surface area contributed by atoms with Crippen molar-refractivity contribution in [2.24, 2.45) is 0 Å². The molecule has 2 rings (SSSR count). The smallest absolute Gasteiger partial charge is 0.351 e. The van der Waals surface area contributed by atoms with Crippen molar-refractivity contribution < 1.29 is 28.6 Å². The van der Waals surface area contributed by atoms with Crippen molar-refractivity contribution in [3.63, 3.8) is 0 Å². The number of urea groups is 1. The van der Waals surface area contributed by atoms with E-state index in [9.17, 15) is 14.4 Å². The Kier molecular flexibility index (Phi) is 6.00. The molecule has 2 N–H and O–H groups in total. The summed E-state index contributed by atoms with van der Waals surface area (Å²) in [6.45, 7) is 3.13. The molecule has 0 saturated heterocycles. The van der Waals surface area contributed by atoms with Crippen LogP contribution in [0, 0.1) is 0 Å². The fourth-order valence-electron chi connectivity index (χ4n) is 1.89. The molecule has 0 spiro atoms. The van der Waals surface area contributed by atoms with Gasteiger partial charge in [0.1, 0.15) is 6.61 Å². The van der Waals surface area contributed by atoms with E-state index in [-0.39, 0.29) is 12.6 Å². The summed E-state index contributed by atoms with van der Waals surface area (Å²) in [5.74, 6) is -0.479. The molecule has 1 aromatic rings. The number of benzene rings is 1. The van der Waals surface area contributed by atoms with Crippen LogP contribution in [0.2, 0.25) is 0 Å². The van der Waals surface area contributed by atoms with Crippen LogP contribution in [0.15, 0.2) is 24.3 Å². The molecule has 0 unspecified atom stereocenters. The third-order valence-electron chi connectivity index (χ3n) is 3.36. The number of rotatable bonds is 5. The fourth-order valence-corrected chi connectivity index (χ4v) is 1.89. The molecule has 0 aliphatic carbocycles. The zero-order valence-electron chi connectivity index (χ0n) is 13.5. The minimum atomic E-state index is -0.957.